The number of rotatable bonds is 4. The SMILES string of the molecule is N#Cc1ccc(OCCc2ccc(Br)cc2)cc1C#N. The van der Waals surface area contributed by atoms with Crippen molar-refractivity contribution in [2.24, 2.45) is 0 Å². The Bertz CT molecular complexity index is 681. The summed E-state index contributed by atoms with van der Waals surface area (Å²) in [6.07, 6.45) is 0.787. The molecule has 2 rings (SSSR count). The Balaban J connectivity index is 1.96. The van der Waals surface area contributed by atoms with Gasteiger partial charge in [0.15, 0.2) is 0 Å². The summed E-state index contributed by atoms with van der Waals surface area (Å²) >= 11 is 3.39. The van der Waals surface area contributed by atoms with Crippen LogP contribution in [-0.4, -0.2) is 6.61 Å². The van der Waals surface area contributed by atoms with Crippen LogP contribution in [0.5, 0.6) is 5.75 Å². The van der Waals surface area contributed by atoms with Crippen LogP contribution in [0.4, 0.5) is 0 Å². The van der Waals surface area contributed by atoms with E-state index in [1.165, 1.54) is 5.56 Å². The van der Waals surface area contributed by atoms with E-state index in [0.717, 1.165) is 10.9 Å². The third kappa shape index (κ3) is 3.60. The number of halogens is 1. The molecule has 0 N–H and O–H groups in total. The van der Waals surface area contributed by atoms with Gasteiger partial charge in [-0.25, -0.2) is 0 Å². The van der Waals surface area contributed by atoms with E-state index in [1.54, 1.807) is 18.2 Å². The monoisotopic (exact) mass is 326 g/mol. The molecule has 4 heteroatoms. The molecule has 0 aliphatic heterocycles. The maximum absolute atomic E-state index is 8.94. The molecule has 0 saturated heterocycles. The van der Waals surface area contributed by atoms with E-state index >= 15 is 0 Å². The summed E-state index contributed by atoms with van der Waals surface area (Å²) in [6, 6.07) is 16.9. The molecule has 0 aliphatic rings. The van der Waals surface area contributed by atoms with Crippen LogP contribution in [0.1, 0.15) is 16.7 Å². The van der Waals surface area contributed by atoms with Crippen LogP contribution in [0, 0.1) is 22.7 Å². The van der Waals surface area contributed by atoms with E-state index < -0.39 is 0 Å². The molecule has 0 spiro atoms. The molecule has 0 aromatic heterocycles. The summed E-state index contributed by atoms with van der Waals surface area (Å²) in [7, 11) is 0. The molecule has 3 nitrogen and oxygen atoms in total. The molecular weight excluding hydrogens is 316 g/mol. The summed E-state index contributed by atoms with van der Waals surface area (Å²) in [4.78, 5) is 0. The van der Waals surface area contributed by atoms with Crippen molar-refractivity contribution < 1.29 is 4.74 Å². The first-order valence-corrected chi connectivity index (χ1v) is 6.83. The highest BCUT2D eigenvalue weighted by Crippen LogP contribution is 2.17. The zero-order valence-electron chi connectivity index (χ0n) is 10.6. The van der Waals surface area contributed by atoms with Crippen LogP contribution < -0.4 is 4.74 Å². The van der Waals surface area contributed by atoms with Gasteiger partial charge in [-0.1, -0.05) is 28.1 Å². The number of benzene rings is 2. The topological polar surface area (TPSA) is 56.8 Å². The largest absolute Gasteiger partial charge is 0.493 e. The summed E-state index contributed by atoms with van der Waals surface area (Å²) in [5, 5.41) is 17.8. The molecule has 2 aromatic carbocycles. The van der Waals surface area contributed by atoms with Crippen LogP contribution in [0.3, 0.4) is 0 Å². The predicted octanol–water partition coefficient (Wildman–Crippen LogP) is 3.81. The standard InChI is InChI=1S/C16H11BrN2O/c17-15-4-1-12(2-5-15)7-8-20-16-6-3-13(10-18)14(9-16)11-19/h1-6,9H,7-8H2. The van der Waals surface area contributed by atoms with Crippen molar-refractivity contribution in [3.05, 3.63) is 63.6 Å². The number of ether oxygens (including phenoxy) is 1. The minimum atomic E-state index is 0.341. The van der Waals surface area contributed by atoms with Crippen molar-refractivity contribution in [2.75, 3.05) is 6.61 Å². The van der Waals surface area contributed by atoms with Gasteiger partial charge in [0.05, 0.1) is 17.7 Å². The Morgan fingerprint density at radius 2 is 1.65 bits per heavy atom. The van der Waals surface area contributed by atoms with E-state index in [0.29, 0.717) is 23.5 Å². The van der Waals surface area contributed by atoms with Gasteiger partial charge in [-0.2, -0.15) is 10.5 Å². The number of nitriles is 2. The van der Waals surface area contributed by atoms with Gasteiger partial charge in [-0.15, -0.1) is 0 Å². The van der Waals surface area contributed by atoms with Gasteiger partial charge < -0.3 is 4.74 Å². The lowest BCUT2D eigenvalue weighted by Crippen LogP contribution is -2.01. The Kier molecular flexibility index (Phi) is 4.76. The lowest BCUT2D eigenvalue weighted by molar-refractivity contribution is 0.322. The van der Waals surface area contributed by atoms with E-state index in [4.69, 9.17) is 15.3 Å². The van der Waals surface area contributed by atoms with Gasteiger partial charge in [0.2, 0.25) is 0 Å². The first-order valence-electron chi connectivity index (χ1n) is 6.04. The Morgan fingerprint density at radius 3 is 2.30 bits per heavy atom. The fourth-order valence-electron chi connectivity index (χ4n) is 1.74. The molecule has 0 bridgehead atoms. The minimum Gasteiger partial charge on any atom is -0.493 e. The second kappa shape index (κ2) is 6.75. The number of hydrogen-bond donors (Lipinski definition) is 0. The summed E-state index contributed by atoms with van der Waals surface area (Å²) < 4.78 is 6.66. The number of hydrogen-bond acceptors (Lipinski definition) is 3. The molecule has 0 amide bonds. The van der Waals surface area contributed by atoms with E-state index in [1.807, 2.05) is 36.4 Å². The fourth-order valence-corrected chi connectivity index (χ4v) is 2.01. The highest BCUT2D eigenvalue weighted by Gasteiger charge is 2.03. The first kappa shape index (κ1) is 14.1. The molecule has 0 atom stereocenters. The number of nitrogens with zero attached hydrogens (tertiary/aromatic N) is 2. The quantitative estimate of drug-likeness (QED) is 0.858. The molecular formula is C16H11BrN2O. The Morgan fingerprint density at radius 1 is 0.950 bits per heavy atom. The van der Waals surface area contributed by atoms with E-state index in [-0.39, 0.29) is 0 Å². The second-order valence-electron chi connectivity index (χ2n) is 4.16. The smallest absolute Gasteiger partial charge is 0.120 e. The summed E-state index contributed by atoms with van der Waals surface area (Å²) in [5.41, 5.74) is 1.89. The summed E-state index contributed by atoms with van der Waals surface area (Å²) in [5.74, 6) is 0.609. The predicted molar refractivity (Wildman–Crippen MR) is 79.2 cm³/mol. The second-order valence-corrected chi connectivity index (χ2v) is 5.07. The van der Waals surface area contributed by atoms with Crippen LogP contribution in [0.15, 0.2) is 46.9 Å². The van der Waals surface area contributed by atoms with E-state index in [2.05, 4.69) is 15.9 Å². The van der Waals surface area contributed by atoms with Crippen molar-refractivity contribution in [3.8, 4) is 17.9 Å². The van der Waals surface area contributed by atoms with Crippen molar-refractivity contribution in [2.45, 2.75) is 6.42 Å². The lowest BCUT2D eigenvalue weighted by Gasteiger charge is -2.07. The Labute approximate surface area is 126 Å². The molecule has 0 unspecified atom stereocenters. The maximum atomic E-state index is 8.94. The highest BCUT2D eigenvalue weighted by molar-refractivity contribution is 9.10. The molecule has 0 heterocycles. The van der Waals surface area contributed by atoms with Gasteiger partial charge in [0.25, 0.3) is 0 Å². The molecule has 0 fully saturated rings. The lowest BCUT2D eigenvalue weighted by atomic mass is 10.1. The van der Waals surface area contributed by atoms with Gasteiger partial charge in [-0.3, -0.25) is 0 Å². The maximum Gasteiger partial charge on any atom is 0.120 e. The molecule has 0 radical (unpaired) electrons. The fraction of sp³-hybridized carbons (Fsp3) is 0.125. The third-order valence-electron chi connectivity index (χ3n) is 2.80. The first-order chi connectivity index (χ1) is 9.72. The van der Waals surface area contributed by atoms with Gasteiger partial charge in [-0.05, 0) is 35.9 Å². The normalized spacial score (nSPS) is 9.55. The van der Waals surface area contributed by atoms with Crippen LogP contribution in [0.2, 0.25) is 0 Å². The molecule has 0 aliphatic carbocycles. The molecule has 2 aromatic rings. The molecule has 0 saturated carbocycles. The van der Waals surface area contributed by atoms with E-state index in [9.17, 15) is 0 Å². The van der Waals surface area contributed by atoms with Gasteiger partial charge >= 0.3 is 0 Å². The van der Waals surface area contributed by atoms with Gasteiger partial charge in [0.1, 0.15) is 17.9 Å². The van der Waals surface area contributed by atoms with Crippen molar-refractivity contribution in [1.29, 1.82) is 10.5 Å². The average Bonchev–Trinajstić information content (AvgIpc) is 2.49. The molecule has 98 valence electrons. The van der Waals surface area contributed by atoms with Gasteiger partial charge in [0, 0.05) is 10.9 Å². The third-order valence-corrected chi connectivity index (χ3v) is 3.33. The summed E-state index contributed by atoms with van der Waals surface area (Å²) in [6.45, 7) is 0.526. The van der Waals surface area contributed by atoms with Crippen molar-refractivity contribution in [1.82, 2.24) is 0 Å². The van der Waals surface area contributed by atoms with Crippen LogP contribution >= 0.6 is 15.9 Å². The van der Waals surface area contributed by atoms with Crippen molar-refractivity contribution >= 4 is 15.9 Å². The van der Waals surface area contributed by atoms with Crippen molar-refractivity contribution in [3.63, 3.8) is 0 Å². The highest BCUT2D eigenvalue weighted by atomic mass is 79.9. The van der Waals surface area contributed by atoms with Crippen LogP contribution in [0.25, 0.3) is 0 Å². The Hall–Kier alpha value is -2.30. The average molecular weight is 327 g/mol. The zero-order chi connectivity index (χ0) is 14.4. The zero-order valence-corrected chi connectivity index (χ0v) is 12.2. The van der Waals surface area contributed by atoms with Crippen LogP contribution in [-0.2, 0) is 6.42 Å². The molecule has 20 heavy (non-hydrogen) atoms. The minimum absolute atomic E-state index is 0.341.